The minimum Gasteiger partial charge on any atom is -0.354 e. The van der Waals surface area contributed by atoms with Crippen LogP contribution in [0.2, 0.25) is 0 Å². The number of nitrogens with one attached hydrogen (secondary N) is 2. The summed E-state index contributed by atoms with van der Waals surface area (Å²) in [4.78, 5) is 11.7. The number of aromatic nitrogens is 3. The molecule has 0 fully saturated rings. The van der Waals surface area contributed by atoms with E-state index in [2.05, 4.69) is 36.3 Å². The van der Waals surface area contributed by atoms with Crippen LogP contribution in [0.3, 0.4) is 0 Å². The molecule has 0 atom stereocenters. The van der Waals surface area contributed by atoms with Crippen LogP contribution in [0.5, 0.6) is 0 Å². The second kappa shape index (κ2) is 6.54. The Morgan fingerprint density at radius 3 is 2.88 bits per heavy atom. The van der Waals surface area contributed by atoms with Crippen LogP contribution in [0.25, 0.3) is 0 Å². The Morgan fingerprint density at radius 2 is 2.29 bits per heavy atom. The zero-order valence-corrected chi connectivity index (χ0v) is 11.4. The van der Waals surface area contributed by atoms with Crippen molar-refractivity contribution >= 4 is 18.1 Å². The predicted octanol–water partition coefficient (Wildman–Crippen LogP) is 1.67. The van der Waals surface area contributed by atoms with Crippen LogP contribution in [0.15, 0.2) is 0 Å². The van der Waals surface area contributed by atoms with Gasteiger partial charge in [0.1, 0.15) is 12.4 Å². The molecule has 5 nitrogen and oxygen atoms in total. The quantitative estimate of drug-likeness (QED) is 0.761. The summed E-state index contributed by atoms with van der Waals surface area (Å²) in [6.07, 6.45) is 1.80. The van der Waals surface area contributed by atoms with Crippen LogP contribution < -0.4 is 5.32 Å². The lowest BCUT2D eigenvalue weighted by atomic mass is 10.2. The van der Waals surface area contributed by atoms with Gasteiger partial charge in [0.05, 0.1) is 0 Å². The summed E-state index contributed by atoms with van der Waals surface area (Å²) >= 11 is 5.11. The van der Waals surface area contributed by atoms with Crippen molar-refractivity contribution in [2.75, 3.05) is 6.54 Å². The predicted molar refractivity (Wildman–Crippen MR) is 69.3 cm³/mol. The van der Waals surface area contributed by atoms with E-state index in [9.17, 15) is 4.79 Å². The van der Waals surface area contributed by atoms with Crippen molar-refractivity contribution in [3.05, 3.63) is 10.6 Å². The van der Waals surface area contributed by atoms with Gasteiger partial charge in [-0.2, -0.15) is 5.10 Å². The molecular formula is C11H20N4OS. The third-order valence-corrected chi connectivity index (χ3v) is 2.63. The highest BCUT2D eigenvalue weighted by Gasteiger charge is 2.09. The summed E-state index contributed by atoms with van der Waals surface area (Å²) in [5, 5.41) is 9.72. The lowest BCUT2D eigenvalue weighted by molar-refractivity contribution is -0.121. The van der Waals surface area contributed by atoms with Gasteiger partial charge in [0.2, 0.25) is 5.91 Å². The first kappa shape index (κ1) is 13.9. The average molecular weight is 256 g/mol. The standard InChI is InChI=1S/C11H20N4OS/c1-4-5-9-13-14-11(17)15(9)7-10(16)12-6-8(2)3/h8H,4-7H2,1-3H3,(H,12,16)(H,14,17). The third-order valence-electron chi connectivity index (χ3n) is 2.32. The van der Waals surface area contributed by atoms with Crippen LogP contribution >= 0.6 is 12.2 Å². The number of carbonyl (C=O) groups excluding carboxylic acids is 1. The van der Waals surface area contributed by atoms with Crippen LogP contribution in [0.4, 0.5) is 0 Å². The second-order valence-corrected chi connectivity index (χ2v) is 4.87. The summed E-state index contributed by atoms with van der Waals surface area (Å²) < 4.78 is 2.27. The Hall–Kier alpha value is -1.17. The molecule has 0 aliphatic rings. The Labute approximate surface area is 107 Å². The molecule has 0 aromatic carbocycles. The van der Waals surface area contributed by atoms with Crippen LogP contribution in [-0.4, -0.2) is 27.2 Å². The van der Waals surface area contributed by atoms with Gasteiger partial charge in [0, 0.05) is 13.0 Å². The molecule has 1 rings (SSSR count). The molecule has 6 heteroatoms. The summed E-state index contributed by atoms with van der Waals surface area (Å²) in [5.74, 6) is 1.28. The highest BCUT2D eigenvalue weighted by molar-refractivity contribution is 7.71. The summed E-state index contributed by atoms with van der Waals surface area (Å²) in [6.45, 7) is 7.13. The number of nitrogens with zero attached hydrogens (tertiary/aromatic N) is 2. The van der Waals surface area contributed by atoms with Crippen molar-refractivity contribution in [3.63, 3.8) is 0 Å². The van der Waals surface area contributed by atoms with Gasteiger partial charge in [0.15, 0.2) is 4.77 Å². The van der Waals surface area contributed by atoms with Gasteiger partial charge in [-0.15, -0.1) is 0 Å². The molecule has 0 saturated heterocycles. The molecule has 17 heavy (non-hydrogen) atoms. The lowest BCUT2D eigenvalue weighted by Gasteiger charge is -2.09. The minimum atomic E-state index is -0.0199. The van der Waals surface area contributed by atoms with Gasteiger partial charge in [-0.3, -0.25) is 14.5 Å². The first-order valence-corrected chi connectivity index (χ1v) is 6.36. The van der Waals surface area contributed by atoms with Crippen molar-refractivity contribution in [2.24, 2.45) is 5.92 Å². The normalized spacial score (nSPS) is 10.8. The molecular weight excluding hydrogens is 236 g/mol. The number of hydrogen-bond donors (Lipinski definition) is 2. The van der Waals surface area contributed by atoms with E-state index in [-0.39, 0.29) is 12.5 Å². The number of aromatic amines is 1. The zero-order chi connectivity index (χ0) is 12.8. The summed E-state index contributed by atoms with van der Waals surface area (Å²) in [7, 11) is 0. The number of amides is 1. The van der Waals surface area contributed by atoms with E-state index < -0.39 is 0 Å². The fraction of sp³-hybridized carbons (Fsp3) is 0.727. The maximum atomic E-state index is 11.7. The number of H-pyrrole nitrogens is 1. The van der Waals surface area contributed by atoms with Gasteiger partial charge in [-0.1, -0.05) is 20.8 Å². The molecule has 96 valence electrons. The summed E-state index contributed by atoms with van der Waals surface area (Å²) in [6, 6.07) is 0. The largest absolute Gasteiger partial charge is 0.354 e. The van der Waals surface area contributed by atoms with E-state index in [1.54, 1.807) is 4.57 Å². The van der Waals surface area contributed by atoms with Crippen molar-refractivity contribution in [2.45, 2.75) is 40.2 Å². The Morgan fingerprint density at radius 1 is 1.59 bits per heavy atom. The molecule has 0 bridgehead atoms. The molecule has 0 spiro atoms. The van der Waals surface area contributed by atoms with E-state index in [1.165, 1.54) is 0 Å². The molecule has 0 aliphatic carbocycles. The van der Waals surface area contributed by atoms with E-state index in [4.69, 9.17) is 12.2 Å². The molecule has 1 aromatic heterocycles. The highest BCUT2D eigenvalue weighted by Crippen LogP contribution is 2.01. The maximum Gasteiger partial charge on any atom is 0.240 e. The van der Waals surface area contributed by atoms with E-state index in [0.29, 0.717) is 17.2 Å². The molecule has 1 aromatic rings. The molecule has 2 N–H and O–H groups in total. The molecule has 0 radical (unpaired) electrons. The lowest BCUT2D eigenvalue weighted by Crippen LogP contribution is -2.31. The van der Waals surface area contributed by atoms with Crippen molar-refractivity contribution in [3.8, 4) is 0 Å². The average Bonchev–Trinajstić information content (AvgIpc) is 2.59. The van der Waals surface area contributed by atoms with Crippen LogP contribution in [-0.2, 0) is 17.8 Å². The van der Waals surface area contributed by atoms with E-state index in [0.717, 1.165) is 18.7 Å². The Kier molecular flexibility index (Phi) is 5.34. The highest BCUT2D eigenvalue weighted by atomic mass is 32.1. The topological polar surface area (TPSA) is 62.7 Å². The van der Waals surface area contributed by atoms with Crippen LogP contribution in [0, 0.1) is 10.7 Å². The fourth-order valence-electron chi connectivity index (χ4n) is 1.45. The van der Waals surface area contributed by atoms with Gasteiger partial charge in [0.25, 0.3) is 0 Å². The first-order chi connectivity index (χ1) is 8.04. The molecule has 0 aliphatic heterocycles. The molecule has 1 amide bonds. The van der Waals surface area contributed by atoms with Crippen molar-refractivity contribution in [1.29, 1.82) is 0 Å². The van der Waals surface area contributed by atoms with Gasteiger partial charge in [-0.05, 0) is 24.6 Å². The fourth-order valence-corrected chi connectivity index (χ4v) is 1.66. The number of hydrogen-bond acceptors (Lipinski definition) is 3. The number of carbonyl (C=O) groups is 1. The second-order valence-electron chi connectivity index (χ2n) is 4.48. The third kappa shape index (κ3) is 4.30. The minimum absolute atomic E-state index is 0.0199. The van der Waals surface area contributed by atoms with Gasteiger partial charge < -0.3 is 5.32 Å². The van der Waals surface area contributed by atoms with Crippen LogP contribution in [0.1, 0.15) is 33.0 Å². The van der Waals surface area contributed by atoms with E-state index >= 15 is 0 Å². The number of rotatable bonds is 6. The maximum absolute atomic E-state index is 11.7. The van der Waals surface area contributed by atoms with Crippen molar-refractivity contribution < 1.29 is 4.79 Å². The molecule has 0 saturated carbocycles. The Bertz CT molecular complexity index is 421. The monoisotopic (exact) mass is 256 g/mol. The van der Waals surface area contributed by atoms with E-state index in [1.807, 2.05) is 0 Å². The molecule has 1 heterocycles. The smallest absolute Gasteiger partial charge is 0.240 e. The first-order valence-electron chi connectivity index (χ1n) is 5.95. The number of aryl methyl sites for hydroxylation is 1. The molecule has 0 unspecified atom stereocenters. The summed E-state index contributed by atoms with van der Waals surface area (Å²) in [5.41, 5.74) is 0. The Balaban J connectivity index is 2.64. The van der Waals surface area contributed by atoms with Gasteiger partial charge in [-0.25, -0.2) is 0 Å². The van der Waals surface area contributed by atoms with Gasteiger partial charge >= 0.3 is 0 Å². The van der Waals surface area contributed by atoms with Crippen molar-refractivity contribution in [1.82, 2.24) is 20.1 Å². The SMILES string of the molecule is CCCc1n[nH]c(=S)n1CC(=O)NCC(C)C. The zero-order valence-electron chi connectivity index (χ0n) is 10.6.